The van der Waals surface area contributed by atoms with Gasteiger partial charge in [0, 0.05) is 18.0 Å². The summed E-state index contributed by atoms with van der Waals surface area (Å²) in [6, 6.07) is 12.2. The number of benzene rings is 1. The summed E-state index contributed by atoms with van der Waals surface area (Å²) in [5.41, 5.74) is 8.89. The maximum Gasteiger partial charge on any atom is 0.115 e. The molecule has 1 aromatic heterocycles. The second-order valence-electron chi connectivity index (χ2n) is 6.08. The van der Waals surface area contributed by atoms with Crippen LogP contribution in [0, 0.1) is 0 Å². The fourth-order valence-electron chi connectivity index (χ4n) is 1.97. The van der Waals surface area contributed by atoms with Gasteiger partial charge in [0.1, 0.15) is 5.03 Å². The van der Waals surface area contributed by atoms with Crippen LogP contribution < -0.4 is 5.73 Å². The van der Waals surface area contributed by atoms with Gasteiger partial charge in [0.15, 0.2) is 0 Å². The molecule has 0 aliphatic carbocycles. The zero-order valence-electron chi connectivity index (χ0n) is 12.6. The van der Waals surface area contributed by atoms with Gasteiger partial charge in [-0.1, -0.05) is 56.6 Å². The topological polar surface area (TPSA) is 38.9 Å². The largest absolute Gasteiger partial charge is 0.323 e. The Morgan fingerprint density at radius 3 is 2.43 bits per heavy atom. The lowest BCUT2D eigenvalue weighted by Crippen LogP contribution is -2.15. The zero-order chi connectivity index (χ0) is 15.5. The lowest BCUT2D eigenvalue weighted by Gasteiger charge is -2.20. The molecule has 2 aromatic rings. The minimum absolute atomic E-state index is 0.0258. The first-order valence-electron chi connectivity index (χ1n) is 6.97. The van der Waals surface area contributed by atoms with Crippen LogP contribution in [0.2, 0.25) is 5.02 Å². The number of pyridine rings is 1. The molecular formula is C17H21ClN2S. The minimum Gasteiger partial charge on any atom is -0.323 e. The number of halogens is 1. The van der Waals surface area contributed by atoms with Crippen molar-refractivity contribution in [2.75, 3.05) is 5.75 Å². The SMILES string of the molecule is CC(C)(C)c1ccc(C(N)CSc2ncccc2Cl)cc1. The highest BCUT2D eigenvalue weighted by atomic mass is 35.5. The van der Waals surface area contributed by atoms with Crippen molar-refractivity contribution in [2.24, 2.45) is 5.73 Å². The van der Waals surface area contributed by atoms with Crippen molar-refractivity contribution in [1.82, 2.24) is 4.98 Å². The van der Waals surface area contributed by atoms with Crippen LogP contribution in [0.15, 0.2) is 47.6 Å². The summed E-state index contributed by atoms with van der Waals surface area (Å²) >= 11 is 7.69. The van der Waals surface area contributed by atoms with Gasteiger partial charge in [-0.15, -0.1) is 11.8 Å². The van der Waals surface area contributed by atoms with Crippen molar-refractivity contribution in [1.29, 1.82) is 0 Å². The van der Waals surface area contributed by atoms with Gasteiger partial charge >= 0.3 is 0 Å². The Bertz CT molecular complexity index is 590. The molecule has 0 aliphatic rings. The predicted octanol–water partition coefficient (Wildman–Crippen LogP) is 4.82. The molecule has 0 fully saturated rings. The second kappa shape index (κ2) is 6.82. The first-order valence-corrected chi connectivity index (χ1v) is 8.33. The van der Waals surface area contributed by atoms with Crippen LogP contribution in [0.25, 0.3) is 0 Å². The number of aromatic nitrogens is 1. The molecule has 0 spiro atoms. The molecule has 0 radical (unpaired) electrons. The van der Waals surface area contributed by atoms with Crippen LogP contribution in [0.5, 0.6) is 0 Å². The van der Waals surface area contributed by atoms with Crippen molar-refractivity contribution in [2.45, 2.75) is 37.3 Å². The fourth-order valence-corrected chi connectivity index (χ4v) is 3.13. The maximum absolute atomic E-state index is 6.26. The Kier molecular flexibility index (Phi) is 5.31. The first-order chi connectivity index (χ1) is 9.88. The van der Waals surface area contributed by atoms with Crippen molar-refractivity contribution in [3.8, 4) is 0 Å². The van der Waals surface area contributed by atoms with E-state index < -0.39 is 0 Å². The van der Waals surface area contributed by atoms with Crippen molar-refractivity contribution >= 4 is 23.4 Å². The molecule has 0 saturated heterocycles. The number of hydrogen-bond acceptors (Lipinski definition) is 3. The normalized spacial score (nSPS) is 13.2. The maximum atomic E-state index is 6.26. The molecule has 0 saturated carbocycles. The minimum atomic E-state index is -0.0258. The van der Waals surface area contributed by atoms with Gasteiger partial charge < -0.3 is 5.73 Å². The molecule has 0 amide bonds. The van der Waals surface area contributed by atoms with Gasteiger partial charge in [0.05, 0.1) is 5.02 Å². The first kappa shape index (κ1) is 16.3. The average Bonchev–Trinajstić information content (AvgIpc) is 2.45. The van der Waals surface area contributed by atoms with E-state index in [0.29, 0.717) is 5.02 Å². The Morgan fingerprint density at radius 1 is 1.19 bits per heavy atom. The van der Waals surface area contributed by atoms with E-state index in [2.05, 4.69) is 50.0 Å². The molecule has 1 aromatic carbocycles. The average molecular weight is 321 g/mol. The van der Waals surface area contributed by atoms with Gasteiger partial charge in [-0.05, 0) is 28.7 Å². The second-order valence-corrected chi connectivity index (χ2v) is 7.50. The standard InChI is InChI=1S/C17H21ClN2S/c1-17(2,3)13-8-6-12(7-9-13)15(19)11-21-16-14(18)5-4-10-20-16/h4-10,15H,11,19H2,1-3H3. The molecule has 2 rings (SSSR count). The van der Waals surface area contributed by atoms with Crippen LogP contribution in [0.4, 0.5) is 0 Å². The predicted molar refractivity (Wildman–Crippen MR) is 92.0 cm³/mol. The number of thioether (sulfide) groups is 1. The highest BCUT2D eigenvalue weighted by molar-refractivity contribution is 7.99. The zero-order valence-corrected chi connectivity index (χ0v) is 14.2. The quantitative estimate of drug-likeness (QED) is 0.820. The Labute approximate surface area is 136 Å². The molecule has 0 aliphatic heterocycles. The lowest BCUT2D eigenvalue weighted by molar-refractivity contribution is 0.589. The van der Waals surface area contributed by atoms with Crippen molar-refractivity contribution < 1.29 is 0 Å². The van der Waals surface area contributed by atoms with Crippen LogP contribution >= 0.6 is 23.4 Å². The number of hydrogen-bond donors (Lipinski definition) is 1. The van der Waals surface area contributed by atoms with E-state index in [9.17, 15) is 0 Å². The summed E-state index contributed by atoms with van der Waals surface area (Å²) < 4.78 is 0. The van der Waals surface area contributed by atoms with Gasteiger partial charge in [-0.2, -0.15) is 0 Å². The van der Waals surface area contributed by atoms with E-state index in [0.717, 1.165) is 16.3 Å². The van der Waals surface area contributed by atoms with E-state index in [1.165, 1.54) is 5.56 Å². The van der Waals surface area contributed by atoms with E-state index in [4.69, 9.17) is 17.3 Å². The van der Waals surface area contributed by atoms with Crippen molar-refractivity contribution in [3.05, 3.63) is 58.7 Å². The van der Waals surface area contributed by atoms with Crippen LogP contribution in [0.3, 0.4) is 0 Å². The van der Waals surface area contributed by atoms with Gasteiger partial charge in [0.2, 0.25) is 0 Å². The lowest BCUT2D eigenvalue weighted by atomic mass is 9.86. The summed E-state index contributed by atoms with van der Waals surface area (Å²) in [6.07, 6.45) is 1.75. The number of nitrogens with zero attached hydrogens (tertiary/aromatic N) is 1. The van der Waals surface area contributed by atoms with Crippen LogP contribution in [-0.4, -0.2) is 10.7 Å². The molecule has 4 heteroatoms. The van der Waals surface area contributed by atoms with E-state index in [1.807, 2.05) is 12.1 Å². The molecule has 1 unspecified atom stereocenters. The van der Waals surface area contributed by atoms with Crippen LogP contribution in [-0.2, 0) is 5.41 Å². The fraction of sp³-hybridized carbons (Fsp3) is 0.353. The third-order valence-electron chi connectivity index (χ3n) is 3.33. The third kappa shape index (κ3) is 4.47. The molecule has 112 valence electrons. The van der Waals surface area contributed by atoms with Crippen LogP contribution in [0.1, 0.15) is 37.9 Å². The molecule has 0 bridgehead atoms. The van der Waals surface area contributed by atoms with Gasteiger partial charge in [-0.25, -0.2) is 4.98 Å². The monoisotopic (exact) mass is 320 g/mol. The molecule has 21 heavy (non-hydrogen) atoms. The smallest absolute Gasteiger partial charge is 0.115 e. The Morgan fingerprint density at radius 2 is 1.86 bits per heavy atom. The molecule has 1 heterocycles. The van der Waals surface area contributed by atoms with Gasteiger partial charge in [0.25, 0.3) is 0 Å². The summed E-state index contributed by atoms with van der Waals surface area (Å²) in [4.78, 5) is 4.27. The summed E-state index contributed by atoms with van der Waals surface area (Å²) in [6.45, 7) is 6.63. The third-order valence-corrected chi connectivity index (χ3v) is 4.87. The van der Waals surface area contributed by atoms with E-state index in [1.54, 1.807) is 18.0 Å². The number of nitrogens with two attached hydrogens (primary N) is 1. The Balaban J connectivity index is 2.01. The summed E-state index contributed by atoms with van der Waals surface area (Å²) in [7, 11) is 0. The Hall–Kier alpha value is -1.03. The summed E-state index contributed by atoms with van der Waals surface area (Å²) in [5.74, 6) is 0.756. The van der Waals surface area contributed by atoms with Gasteiger partial charge in [-0.3, -0.25) is 0 Å². The molecular weight excluding hydrogens is 300 g/mol. The van der Waals surface area contributed by atoms with E-state index in [-0.39, 0.29) is 11.5 Å². The highest BCUT2D eigenvalue weighted by Gasteiger charge is 2.14. The highest BCUT2D eigenvalue weighted by Crippen LogP contribution is 2.28. The van der Waals surface area contributed by atoms with E-state index >= 15 is 0 Å². The number of rotatable bonds is 4. The van der Waals surface area contributed by atoms with Crippen molar-refractivity contribution in [3.63, 3.8) is 0 Å². The molecule has 2 nitrogen and oxygen atoms in total. The molecule has 2 N–H and O–H groups in total. The molecule has 1 atom stereocenters. The summed E-state index contributed by atoms with van der Waals surface area (Å²) in [5, 5.41) is 1.51.